The lowest BCUT2D eigenvalue weighted by atomic mass is 9.84. The van der Waals surface area contributed by atoms with Gasteiger partial charge in [-0.3, -0.25) is 9.59 Å². The van der Waals surface area contributed by atoms with E-state index in [2.05, 4.69) is 0 Å². The standard InChI is InChI=1S/C14H21F2NO2/c1-10(18)8-12(2,3)11(19)17-6-4-13(5-7-17)9-14(13,15)16/h4-9H2,1-3H3. The number of halogens is 2. The number of piperidine rings is 1. The molecule has 2 fully saturated rings. The van der Waals surface area contributed by atoms with Gasteiger partial charge >= 0.3 is 0 Å². The fourth-order valence-electron chi connectivity index (χ4n) is 3.19. The van der Waals surface area contributed by atoms with E-state index < -0.39 is 16.8 Å². The van der Waals surface area contributed by atoms with Gasteiger partial charge in [-0.05, 0) is 19.8 Å². The monoisotopic (exact) mass is 273 g/mol. The number of rotatable bonds is 3. The lowest BCUT2D eigenvalue weighted by molar-refractivity contribution is -0.145. The van der Waals surface area contributed by atoms with E-state index in [4.69, 9.17) is 0 Å². The number of hydrogen-bond donors (Lipinski definition) is 0. The maximum Gasteiger partial charge on any atom is 0.254 e. The Morgan fingerprint density at radius 2 is 1.68 bits per heavy atom. The fraction of sp³-hybridized carbons (Fsp3) is 0.857. The van der Waals surface area contributed by atoms with Crippen LogP contribution in [0.2, 0.25) is 0 Å². The Kier molecular flexibility index (Phi) is 3.22. The summed E-state index contributed by atoms with van der Waals surface area (Å²) < 4.78 is 26.5. The first-order chi connectivity index (χ1) is 8.60. The van der Waals surface area contributed by atoms with Crippen LogP contribution in [0.15, 0.2) is 0 Å². The van der Waals surface area contributed by atoms with Crippen LogP contribution in [-0.2, 0) is 9.59 Å². The first-order valence-corrected chi connectivity index (χ1v) is 6.76. The van der Waals surface area contributed by atoms with Gasteiger partial charge in [0, 0.05) is 31.3 Å². The maximum absolute atomic E-state index is 13.3. The number of nitrogens with zero attached hydrogens (tertiary/aromatic N) is 1. The lowest BCUT2D eigenvalue weighted by Gasteiger charge is -2.37. The minimum atomic E-state index is -2.53. The Labute approximate surface area is 112 Å². The molecule has 108 valence electrons. The van der Waals surface area contributed by atoms with Crippen molar-refractivity contribution in [2.45, 2.75) is 52.4 Å². The first-order valence-electron chi connectivity index (χ1n) is 6.76. The number of carbonyl (C=O) groups excluding carboxylic acids is 2. The van der Waals surface area contributed by atoms with E-state index in [-0.39, 0.29) is 24.5 Å². The van der Waals surface area contributed by atoms with E-state index in [0.29, 0.717) is 25.9 Å². The number of carbonyl (C=O) groups is 2. The van der Waals surface area contributed by atoms with Crippen LogP contribution in [0, 0.1) is 10.8 Å². The molecule has 0 bridgehead atoms. The molecule has 1 saturated carbocycles. The molecule has 1 aliphatic carbocycles. The molecule has 0 aromatic heterocycles. The third-order valence-corrected chi connectivity index (χ3v) is 4.49. The number of Topliss-reactive ketones (excluding diaryl/α,β-unsaturated/α-hetero) is 1. The molecular formula is C14H21F2NO2. The molecule has 1 saturated heterocycles. The van der Waals surface area contributed by atoms with E-state index in [1.165, 1.54) is 6.92 Å². The van der Waals surface area contributed by atoms with Crippen molar-refractivity contribution in [1.29, 1.82) is 0 Å². The Bertz CT molecular complexity index is 410. The van der Waals surface area contributed by atoms with Gasteiger partial charge in [-0.15, -0.1) is 0 Å². The summed E-state index contributed by atoms with van der Waals surface area (Å²) in [5.41, 5.74) is -1.57. The largest absolute Gasteiger partial charge is 0.342 e. The van der Waals surface area contributed by atoms with Gasteiger partial charge in [0.1, 0.15) is 5.78 Å². The Morgan fingerprint density at radius 1 is 1.21 bits per heavy atom. The van der Waals surface area contributed by atoms with Crippen LogP contribution in [0.3, 0.4) is 0 Å². The summed E-state index contributed by atoms with van der Waals surface area (Å²) in [5, 5.41) is 0. The summed E-state index contributed by atoms with van der Waals surface area (Å²) in [6.45, 7) is 5.72. The summed E-state index contributed by atoms with van der Waals surface area (Å²) in [4.78, 5) is 25.2. The van der Waals surface area contributed by atoms with E-state index in [1.54, 1.807) is 18.7 Å². The second-order valence-corrected chi connectivity index (χ2v) is 6.72. The second-order valence-electron chi connectivity index (χ2n) is 6.72. The predicted molar refractivity (Wildman–Crippen MR) is 66.9 cm³/mol. The molecule has 5 heteroatoms. The Balaban J connectivity index is 1.95. The van der Waals surface area contributed by atoms with Gasteiger partial charge in [-0.2, -0.15) is 0 Å². The van der Waals surface area contributed by atoms with Crippen molar-refractivity contribution in [2.24, 2.45) is 10.8 Å². The number of hydrogen-bond acceptors (Lipinski definition) is 2. The summed E-state index contributed by atoms with van der Waals surface area (Å²) in [5.74, 6) is -2.65. The van der Waals surface area contributed by atoms with Crippen LogP contribution in [0.5, 0.6) is 0 Å². The number of likely N-dealkylation sites (tertiary alicyclic amines) is 1. The topological polar surface area (TPSA) is 37.4 Å². The molecule has 1 heterocycles. The van der Waals surface area contributed by atoms with E-state index in [0.717, 1.165) is 0 Å². The Hall–Kier alpha value is -1.00. The molecular weight excluding hydrogens is 252 g/mol. The van der Waals surface area contributed by atoms with Crippen molar-refractivity contribution < 1.29 is 18.4 Å². The number of alkyl halides is 2. The van der Waals surface area contributed by atoms with E-state index in [9.17, 15) is 18.4 Å². The zero-order chi connectivity index (χ0) is 14.5. The first kappa shape index (κ1) is 14.4. The van der Waals surface area contributed by atoms with Crippen LogP contribution >= 0.6 is 0 Å². The van der Waals surface area contributed by atoms with Crippen LogP contribution in [0.25, 0.3) is 0 Å². The van der Waals surface area contributed by atoms with Gasteiger partial charge in [0.25, 0.3) is 5.92 Å². The molecule has 0 aromatic carbocycles. The van der Waals surface area contributed by atoms with Gasteiger partial charge in [0.15, 0.2) is 0 Å². The van der Waals surface area contributed by atoms with Crippen LogP contribution in [-0.4, -0.2) is 35.6 Å². The van der Waals surface area contributed by atoms with Crippen LogP contribution < -0.4 is 0 Å². The SMILES string of the molecule is CC(=O)CC(C)(C)C(=O)N1CCC2(CC1)CC2(F)F. The maximum atomic E-state index is 13.3. The molecule has 2 rings (SSSR count). The average molecular weight is 273 g/mol. The van der Waals surface area contributed by atoms with E-state index in [1.807, 2.05) is 0 Å². The highest BCUT2D eigenvalue weighted by Gasteiger charge is 2.70. The molecule has 0 radical (unpaired) electrons. The quantitative estimate of drug-likeness (QED) is 0.792. The molecule has 19 heavy (non-hydrogen) atoms. The highest BCUT2D eigenvalue weighted by atomic mass is 19.3. The van der Waals surface area contributed by atoms with Gasteiger partial charge < -0.3 is 4.90 Å². The zero-order valence-corrected chi connectivity index (χ0v) is 11.8. The molecule has 0 unspecified atom stereocenters. The molecule has 1 aliphatic heterocycles. The third kappa shape index (κ3) is 2.51. The minimum Gasteiger partial charge on any atom is -0.342 e. The molecule has 1 spiro atoms. The highest BCUT2D eigenvalue weighted by molar-refractivity contribution is 5.88. The predicted octanol–water partition coefficient (Wildman–Crippen LogP) is 2.64. The third-order valence-electron chi connectivity index (χ3n) is 4.49. The van der Waals surface area contributed by atoms with Crippen molar-refractivity contribution in [1.82, 2.24) is 4.90 Å². The van der Waals surface area contributed by atoms with Gasteiger partial charge in [0.05, 0.1) is 5.41 Å². The van der Waals surface area contributed by atoms with Gasteiger partial charge in [-0.25, -0.2) is 8.78 Å². The smallest absolute Gasteiger partial charge is 0.254 e. The van der Waals surface area contributed by atoms with Gasteiger partial charge in [-0.1, -0.05) is 13.8 Å². The number of amides is 1. The normalized spacial score (nSPS) is 24.4. The van der Waals surface area contributed by atoms with Crippen molar-refractivity contribution in [3.63, 3.8) is 0 Å². The molecule has 0 atom stereocenters. The lowest BCUT2D eigenvalue weighted by Crippen LogP contribution is -2.46. The van der Waals surface area contributed by atoms with Crippen molar-refractivity contribution in [2.75, 3.05) is 13.1 Å². The van der Waals surface area contributed by atoms with Crippen LogP contribution in [0.4, 0.5) is 8.78 Å². The summed E-state index contributed by atoms with van der Waals surface area (Å²) in [6, 6.07) is 0. The Morgan fingerprint density at radius 3 is 2.05 bits per heavy atom. The summed E-state index contributed by atoms with van der Waals surface area (Å²) in [7, 11) is 0. The molecule has 0 aromatic rings. The van der Waals surface area contributed by atoms with E-state index >= 15 is 0 Å². The van der Waals surface area contributed by atoms with Crippen molar-refractivity contribution in [3.05, 3.63) is 0 Å². The van der Waals surface area contributed by atoms with Crippen molar-refractivity contribution >= 4 is 11.7 Å². The second kappa shape index (κ2) is 4.25. The molecule has 3 nitrogen and oxygen atoms in total. The fourth-order valence-corrected chi connectivity index (χ4v) is 3.19. The number of ketones is 1. The average Bonchev–Trinajstić information content (AvgIpc) is 2.78. The molecule has 2 aliphatic rings. The van der Waals surface area contributed by atoms with Crippen LogP contribution in [0.1, 0.15) is 46.5 Å². The van der Waals surface area contributed by atoms with Gasteiger partial charge in [0.2, 0.25) is 5.91 Å². The summed E-state index contributed by atoms with van der Waals surface area (Å²) in [6.07, 6.45) is 0.923. The minimum absolute atomic E-state index is 0.0273. The summed E-state index contributed by atoms with van der Waals surface area (Å²) >= 11 is 0. The zero-order valence-electron chi connectivity index (χ0n) is 11.8. The highest BCUT2D eigenvalue weighted by Crippen LogP contribution is 2.65. The molecule has 0 N–H and O–H groups in total. The molecule has 1 amide bonds. The van der Waals surface area contributed by atoms with Crippen molar-refractivity contribution in [3.8, 4) is 0 Å².